The van der Waals surface area contributed by atoms with Crippen molar-refractivity contribution >= 4 is 9.84 Å². The molecule has 1 saturated heterocycles. The van der Waals surface area contributed by atoms with Gasteiger partial charge in [0, 0.05) is 12.6 Å². The van der Waals surface area contributed by atoms with Gasteiger partial charge in [-0.3, -0.25) is 0 Å². The third kappa shape index (κ3) is 2.75. The van der Waals surface area contributed by atoms with Crippen LogP contribution < -0.4 is 5.32 Å². The molecule has 2 unspecified atom stereocenters. The van der Waals surface area contributed by atoms with Crippen molar-refractivity contribution in [1.29, 1.82) is 0 Å². The molecule has 1 fully saturated rings. The summed E-state index contributed by atoms with van der Waals surface area (Å²) in [4.78, 5) is 2.87. The maximum atomic E-state index is 12.1. The highest BCUT2D eigenvalue weighted by Gasteiger charge is 2.34. The van der Waals surface area contributed by atoms with E-state index in [0.29, 0.717) is 10.8 Å². The summed E-state index contributed by atoms with van der Waals surface area (Å²) in [6, 6.07) is 7.34. The molecule has 110 valence electrons. The van der Waals surface area contributed by atoms with Crippen molar-refractivity contribution < 1.29 is 8.42 Å². The Morgan fingerprint density at radius 2 is 2.15 bits per heavy atom. The number of hydrogen-bond acceptors (Lipinski definition) is 4. The van der Waals surface area contributed by atoms with Gasteiger partial charge in [0.05, 0.1) is 10.6 Å². The van der Waals surface area contributed by atoms with Crippen molar-refractivity contribution in [2.75, 3.05) is 32.4 Å². The van der Waals surface area contributed by atoms with Gasteiger partial charge in [0.25, 0.3) is 0 Å². The van der Waals surface area contributed by atoms with Crippen LogP contribution in [0, 0.1) is 5.92 Å². The van der Waals surface area contributed by atoms with E-state index < -0.39 is 9.84 Å². The Morgan fingerprint density at radius 3 is 2.95 bits per heavy atom. The summed E-state index contributed by atoms with van der Waals surface area (Å²) >= 11 is 0. The number of fused-ring (bicyclic) bond motifs is 1. The van der Waals surface area contributed by atoms with Crippen LogP contribution in [0.2, 0.25) is 0 Å². The first-order valence-corrected chi connectivity index (χ1v) is 8.95. The van der Waals surface area contributed by atoms with Crippen molar-refractivity contribution in [1.82, 2.24) is 10.2 Å². The highest BCUT2D eigenvalue weighted by molar-refractivity contribution is 7.91. The van der Waals surface area contributed by atoms with Gasteiger partial charge in [-0.2, -0.15) is 0 Å². The number of rotatable bonds is 3. The van der Waals surface area contributed by atoms with Crippen LogP contribution in [0.4, 0.5) is 0 Å². The largest absolute Gasteiger partial charge is 0.309 e. The zero-order chi connectivity index (χ0) is 14.2. The van der Waals surface area contributed by atoms with Crippen molar-refractivity contribution in [2.24, 2.45) is 5.92 Å². The topological polar surface area (TPSA) is 49.4 Å². The molecule has 0 radical (unpaired) electrons. The first-order chi connectivity index (χ1) is 9.56. The summed E-state index contributed by atoms with van der Waals surface area (Å²) in [5, 5.41) is 3.48. The smallest absolute Gasteiger partial charge is 0.180 e. The standard InChI is InChI=1S/C15H22N2O2S/c1-17-8-4-5-12(10-17)9-16-14-11-20(18,19)15-7-3-2-6-13(14)15/h2-3,6-7,12,14,16H,4-5,8-11H2,1H3. The quantitative estimate of drug-likeness (QED) is 0.916. The van der Waals surface area contributed by atoms with Gasteiger partial charge in [-0.15, -0.1) is 0 Å². The highest BCUT2D eigenvalue weighted by Crippen LogP contribution is 2.33. The number of piperidine rings is 1. The summed E-state index contributed by atoms with van der Waals surface area (Å²) in [5.74, 6) is 0.832. The lowest BCUT2D eigenvalue weighted by Gasteiger charge is -2.30. The molecule has 2 aliphatic rings. The Bertz CT molecular complexity index is 585. The maximum absolute atomic E-state index is 12.1. The van der Waals surface area contributed by atoms with Crippen molar-refractivity contribution in [3.8, 4) is 0 Å². The van der Waals surface area contributed by atoms with Crippen LogP contribution in [0.3, 0.4) is 0 Å². The SMILES string of the molecule is CN1CCCC(CNC2CS(=O)(=O)c3ccccc32)C1. The van der Waals surface area contributed by atoms with Gasteiger partial charge >= 0.3 is 0 Å². The molecule has 0 amide bonds. The molecule has 2 aliphatic heterocycles. The van der Waals surface area contributed by atoms with Crippen molar-refractivity contribution in [3.05, 3.63) is 29.8 Å². The average molecular weight is 294 g/mol. The zero-order valence-electron chi connectivity index (χ0n) is 11.9. The highest BCUT2D eigenvalue weighted by atomic mass is 32.2. The minimum Gasteiger partial charge on any atom is -0.309 e. The summed E-state index contributed by atoms with van der Waals surface area (Å²) in [6.07, 6.45) is 2.47. The minimum atomic E-state index is -3.09. The fourth-order valence-electron chi connectivity index (χ4n) is 3.37. The van der Waals surface area contributed by atoms with Gasteiger partial charge in [-0.25, -0.2) is 8.42 Å². The fraction of sp³-hybridized carbons (Fsp3) is 0.600. The van der Waals surface area contributed by atoms with Crippen molar-refractivity contribution in [2.45, 2.75) is 23.8 Å². The normalized spacial score (nSPS) is 29.2. The summed E-state index contributed by atoms with van der Waals surface area (Å²) in [5.41, 5.74) is 0.941. The van der Waals surface area contributed by atoms with Gasteiger partial charge in [-0.1, -0.05) is 18.2 Å². The van der Waals surface area contributed by atoms with Crippen LogP contribution in [-0.4, -0.2) is 45.8 Å². The number of likely N-dealkylation sites (tertiary alicyclic amines) is 1. The molecule has 0 bridgehead atoms. The molecule has 3 rings (SSSR count). The molecule has 2 atom stereocenters. The van der Waals surface area contributed by atoms with E-state index in [-0.39, 0.29) is 11.8 Å². The summed E-state index contributed by atoms with van der Waals surface area (Å²) in [7, 11) is -0.937. The molecular weight excluding hydrogens is 272 g/mol. The first-order valence-electron chi connectivity index (χ1n) is 7.30. The second-order valence-electron chi connectivity index (χ2n) is 6.05. The third-order valence-corrected chi connectivity index (χ3v) is 6.20. The second-order valence-corrected chi connectivity index (χ2v) is 8.05. The summed E-state index contributed by atoms with van der Waals surface area (Å²) < 4.78 is 24.2. The van der Waals surface area contributed by atoms with E-state index in [2.05, 4.69) is 17.3 Å². The number of hydrogen-bond donors (Lipinski definition) is 1. The molecule has 1 aromatic carbocycles. The van der Waals surface area contributed by atoms with Crippen LogP contribution in [0.5, 0.6) is 0 Å². The predicted octanol–water partition coefficient (Wildman–Crippen LogP) is 1.45. The number of benzene rings is 1. The van der Waals surface area contributed by atoms with Gasteiger partial charge < -0.3 is 10.2 Å². The molecular formula is C15H22N2O2S. The number of nitrogens with one attached hydrogen (secondary N) is 1. The lowest BCUT2D eigenvalue weighted by molar-refractivity contribution is 0.203. The van der Waals surface area contributed by atoms with E-state index in [1.54, 1.807) is 12.1 Å². The van der Waals surface area contributed by atoms with E-state index in [4.69, 9.17) is 0 Å². The van der Waals surface area contributed by atoms with Crippen LogP contribution in [0.1, 0.15) is 24.4 Å². The van der Waals surface area contributed by atoms with E-state index >= 15 is 0 Å². The van der Waals surface area contributed by atoms with Crippen LogP contribution >= 0.6 is 0 Å². The van der Waals surface area contributed by atoms with Gasteiger partial charge in [0.2, 0.25) is 0 Å². The third-order valence-electron chi connectivity index (χ3n) is 4.39. The molecule has 1 N–H and O–H groups in total. The molecule has 1 aromatic rings. The summed E-state index contributed by atoms with van der Waals surface area (Å²) in [6.45, 7) is 3.18. The maximum Gasteiger partial charge on any atom is 0.180 e. The van der Waals surface area contributed by atoms with Crippen LogP contribution in [-0.2, 0) is 9.84 Å². The number of sulfone groups is 1. The average Bonchev–Trinajstić information content (AvgIpc) is 2.69. The molecule has 0 spiro atoms. The van der Waals surface area contributed by atoms with Crippen molar-refractivity contribution in [3.63, 3.8) is 0 Å². The minimum absolute atomic E-state index is 0.0385. The van der Waals surface area contributed by atoms with E-state index in [9.17, 15) is 8.42 Å². The Morgan fingerprint density at radius 1 is 1.35 bits per heavy atom. The Labute approximate surface area is 121 Å². The first kappa shape index (κ1) is 14.0. The Hall–Kier alpha value is -0.910. The molecule has 2 heterocycles. The van der Waals surface area contributed by atoms with E-state index in [0.717, 1.165) is 18.7 Å². The number of nitrogens with zero attached hydrogens (tertiary/aromatic N) is 1. The molecule has 5 heteroatoms. The van der Waals surface area contributed by atoms with Gasteiger partial charge in [-0.05, 0) is 50.5 Å². The Kier molecular flexibility index (Phi) is 3.84. The lowest BCUT2D eigenvalue weighted by Crippen LogP contribution is -2.38. The fourth-order valence-corrected chi connectivity index (χ4v) is 5.14. The van der Waals surface area contributed by atoms with E-state index in [1.807, 2.05) is 12.1 Å². The van der Waals surface area contributed by atoms with Crippen LogP contribution in [0.25, 0.3) is 0 Å². The molecule has 20 heavy (non-hydrogen) atoms. The lowest BCUT2D eigenvalue weighted by atomic mass is 9.98. The van der Waals surface area contributed by atoms with E-state index in [1.165, 1.54) is 19.4 Å². The second kappa shape index (κ2) is 5.47. The monoisotopic (exact) mass is 294 g/mol. The van der Waals surface area contributed by atoms with Gasteiger partial charge in [0.15, 0.2) is 9.84 Å². The zero-order valence-corrected chi connectivity index (χ0v) is 12.7. The van der Waals surface area contributed by atoms with Gasteiger partial charge in [0.1, 0.15) is 0 Å². The van der Waals surface area contributed by atoms with Crippen LogP contribution in [0.15, 0.2) is 29.2 Å². The molecule has 0 saturated carbocycles. The predicted molar refractivity (Wildman–Crippen MR) is 79.5 cm³/mol. The molecule has 4 nitrogen and oxygen atoms in total. The molecule has 0 aromatic heterocycles. The Balaban J connectivity index is 1.67. The molecule has 0 aliphatic carbocycles.